The van der Waals surface area contributed by atoms with Gasteiger partial charge in [0, 0.05) is 31.3 Å². The molecule has 1 amide bonds. The number of carboxylic acid groups (broad SMARTS) is 1. The molecule has 0 aromatic heterocycles. The molecule has 1 aliphatic rings. The van der Waals surface area contributed by atoms with Gasteiger partial charge in [-0.15, -0.1) is 0 Å². The Morgan fingerprint density at radius 3 is 2.36 bits per heavy atom. The summed E-state index contributed by atoms with van der Waals surface area (Å²) in [6, 6.07) is 0.400. The van der Waals surface area contributed by atoms with Gasteiger partial charge in [-0.1, -0.05) is 0 Å². The average Bonchev–Trinajstić information content (AvgIpc) is 1.97. The molecule has 0 aromatic rings. The molecule has 5 heteroatoms. The van der Waals surface area contributed by atoms with Crippen LogP contribution in [-0.2, 0) is 9.59 Å². The number of likely N-dealkylation sites (tertiary alicyclic amines) is 1. The highest BCUT2D eigenvalue weighted by Gasteiger charge is 2.30. The summed E-state index contributed by atoms with van der Waals surface area (Å²) in [6.07, 6.45) is 1.96. The smallest absolute Gasteiger partial charge is 0.328 e. The Morgan fingerprint density at radius 2 is 1.93 bits per heavy atom. The third-order valence-electron chi connectivity index (χ3n) is 2.27. The van der Waals surface area contributed by atoms with Crippen molar-refractivity contribution in [3.05, 3.63) is 12.2 Å². The van der Waals surface area contributed by atoms with E-state index in [0.717, 1.165) is 12.2 Å². The summed E-state index contributed by atoms with van der Waals surface area (Å²) in [5.74, 6) is -1.33. The number of hydrogen-bond acceptors (Lipinski definition) is 3. The minimum atomic E-state index is -1.09. The van der Waals surface area contributed by atoms with Gasteiger partial charge in [0.1, 0.15) is 0 Å². The largest absolute Gasteiger partial charge is 0.478 e. The Balaban J connectivity index is 2.33. The molecule has 0 atom stereocenters. The van der Waals surface area contributed by atoms with E-state index in [-0.39, 0.29) is 5.91 Å². The third kappa shape index (κ3) is 2.56. The van der Waals surface area contributed by atoms with Crippen molar-refractivity contribution in [3.63, 3.8) is 0 Å². The normalized spacial score (nSPS) is 17.5. The van der Waals surface area contributed by atoms with Crippen LogP contribution in [0, 0.1) is 0 Å². The second-order valence-electron chi connectivity index (χ2n) is 3.53. The Morgan fingerprint density at radius 1 is 1.36 bits per heavy atom. The summed E-state index contributed by atoms with van der Waals surface area (Å²) in [6.45, 7) is 1.35. The molecule has 1 heterocycles. The van der Waals surface area contributed by atoms with E-state index in [2.05, 4.69) is 0 Å². The van der Waals surface area contributed by atoms with Crippen LogP contribution >= 0.6 is 0 Å². The topological polar surface area (TPSA) is 60.9 Å². The van der Waals surface area contributed by atoms with Crippen molar-refractivity contribution in [3.8, 4) is 0 Å². The third-order valence-corrected chi connectivity index (χ3v) is 2.27. The number of hydrogen-bond donors (Lipinski definition) is 1. The van der Waals surface area contributed by atoms with Crippen molar-refractivity contribution >= 4 is 11.9 Å². The average molecular weight is 198 g/mol. The molecule has 0 saturated carbocycles. The molecule has 1 rings (SSSR count). The molecule has 5 nitrogen and oxygen atoms in total. The van der Waals surface area contributed by atoms with E-state index < -0.39 is 5.97 Å². The summed E-state index contributed by atoms with van der Waals surface area (Å²) in [7, 11) is 3.92. The fourth-order valence-corrected chi connectivity index (χ4v) is 1.21. The van der Waals surface area contributed by atoms with Crippen LogP contribution in [0.1, 0.15) is 0 Å². The molecule has 14 heavy (non-hydrogen) atoms. The maximum Gasteiger partial charge on any atom is 0.328 e. The van der Waals surface area contributed by atoms with Gasteiger partial charge in [-0.3, -0.25) is 4.79 Å². The minimum absolute atomic E-state index is 0.231. The van der Waals surface area contributed by atoms with Crippen LogP contribution < -0.4 is 0 Å². The van der Waals surface area contributed by atoms with Gasteiger partial charge < -0.3 is 14.9 Å². The van der Waals surface area contributed by atoms with Crippen LogP contribution in [0.25, 0.3) is 0 Å². The molecule has 0 bridgehead atoms. The molecule has 0 radical (unpaired) electrons. The van der Waals surface area contributed by atoms with E-state index in [0.29, 0.717) is 19.1 Å². The fraction of sp³-hybridized carbons (Fsp3) is 0.556. The second kappa shape index (κ2) is 4.23. The number of nitrogens with zero attached hydrogens (tertiary/aromatic N) is 2. The number of likely N-dealkylation sites (N-methyl/N-ethyl adjacent to an activating group) is 1. The number of aliphatic carboxylic acids is 1. The maximum absolute atomic E-state index is 11.3. The molecule has 0 aliphatic carbocycles. The molecule has 0 unspecified atom stereocenters. The zero-order valence-corrected chi connectivity index (χ0v) is 8.30. The summed E-state index contributed by atoms with van der Waals surface area (Å²) < 4.78 is 0. The van der Waals surface area contributed by atoms with E-state index >= 15 is 0 Å². The summed E-state index contributed by atoms with van der Waals surface area (Å²) >= 11 is 0. The number of carbonyl (C=O) groups is 2. The predicted octanol–water partition coefficient (Wildman–Crippen LogP) is -0.600. The van der Waals surface area contributed by atoms with Crippen molar-refractivity contribution < 1.29 is 14.7 Å². The zero-order valence-electron chi connectivity index (χ0n) is 8.30. The Hall–Kier alpha value is -1.36. The lowest BCUT2D eigenvalue weighted by Crippen LogP contribution is -2.58. The number of rotatable bonds is 3. The molecule has 0 aromatic carbocycles. The second-order valence-corrected chi connectivity index (χ2v) is 3.53. The molecule has 1 N–H and O–H groups in total. The van der Waals surface area contributed by atoms with Crippen molar-refractivity contribution in [1.82, 2.24) is 9.80 Å². The number of amides is 1. The van der Waals surface area contributed by atoms with Gasteiger partial charge in [0.05, 0.1) is 0 Å². The van der Waals surface area contributed by atoms with Crippen molar-refractivity contribution in [2.24, 2.45) is 0 Å². The quantitative estimate of drug-likeness (QED) is 0.615. The first-order valence-electron chi connectivity index (χ1n) is 4.37. The molecule has 78 valence electrons. The highest BCUT2D eigenvalue weighted by atomic mass is 16.4. The summed E-state index contributed by atoms with van der Waals surface area (Å²) in [4.78, 5) is 25.1. The zero-order chi connectivity index (χ0) is 10.7. The summed E-state index contributed by atoms with van der Waals surface area (Å²) in [5.41, 5.74) is 0. The molecule has 1 aliphatic heterocycles. The highest BCUT2D eigenvalue weighted by Crippen LogP contribution is 2.12. The number of carbonyl (C=O) groups excluding carboxylic acids is 1. The Kier molecular flexibility index (Phi) is 3.24. The van der Waals surface area contributed by atoms with E-state index in [1.54, 1.807) is 4.90 Å². The lowest BCUT2D eigenvalue weighted by molar-refractivity contribution is -0.134. The first-order chi connectivity index (χ1) is 6.50. The highest BCUT2D eigenvalue weighted by molar-refractivity contribution is 5.94. The van der Waals surface area contributed by atoms with E-state index in [1.165, 1.54) is 0 Å². The van der Waals surface area contributed by atoms with Crippen molar-refractivity contribution in [2.45, 2.75) is 6.04 Å². The minimum Gasteiger partial charge on any atom is -0.478 e. The Labute approximate surface area is 82.6 Å². The molecular formula is C9H14N2O3. The van der Waals surface area contributed by atoms with Crippen LogP contribution in [0.15, 0.2) is 12.2 Å². The summed E-state index contributed by atoms with van der Waals surface area (Å²) in [5, 5.41) is 8.31. The number of carboxylic acids is 1. The van der Waals surface area contributed by atoms with E-state index in [9.17, 15) is 9.59 Å². The lowest BCUT2D eigenvalue weighted by Gasteiger charge is -2.42. The van der Waals surface area contributed by atoms with Crippen LogP contribution in [0.3, 0.4) is 0 Å². The van der Waals surface area contributed by atoms with Gasteiger partial charge in [-0.05, 0) is 14.1 Å². The van der Waals surface area contributed by atoms with Crippen LogP contribution in [0.4, 0.5) is 0 Å². The van der Waals surface area contributed by atoms with E-state index in [1.807, 2.05) is 19.0 Å². The van der Waals surface area contributed by atoms with Gasteiger partial charge >= 0.3 is 5.97 Å². The van der Waals surface area contributed by atoms with Crippen LogP contribution in [0.2, 0.25) is 0 Å². The van der Waals surface area contributed by atoms with Gasteiger partial charge in [0.2, 0.25) is 5.91 Å². The standard InChI is InChI=1S/C9H14N2O3/c1-10(2)7-5-11(6-7)8(12)3-4-9(13)14/h3-4,7H,5-6H2,1-2H3,(H,13,14). The SMILES string of the molecule is CN(C)C1CN(C(=O)C=CC(=O)O)C1. The predicted molar refractivity (Wildman–Crippen MR) is 50.8 cm³/mol. The van der Waals surface area contributed by atoms with Crippen molar-refractivity contribution in [1.29, 1.82) is 0 Å². The molecular weight excluding hydrogens is 184 g/mol. The van der Waals surface area contributed by atoms with Crippen molar-refractivity contribution in [2.75, 3.05) is 27.2 Å². The first-order valence-corrected chi connectivity index (χ1v) is 4.37. The molecule has 1 fully saturated rings. The monoisotopic (exact) mass is 198 g/mol. The fourth-order valence-electron chi connectivity index (χ4n) is 1.21. The van der Waals surface area contributed by atoms with Gasteiger partial charge in [-0.2, -0.15) is 0 Å². The maximum atomic E-state index is 11.3. The van der Waals surface area contributed by atoms with Crippen LogP contribution in [0.5, 0.6) is 0 Å². The first kappa shape index (κ1) is 10.7. The Bertz CT molecular complexity index is 267. The van der Waals surface area contributed by atoms with Gasteiger partial charge in [0.25, 0.3) is 0 Å². The molecule has 0 spiro atoms. The van der Waals surface area contributed by atoms with Crippen LogP contribution in [-0.4, -0.2) is 60.0 Å². The lowest BCUT2D eigenvalue weighted by atomic mass is 10.1. The van der Waals surface area contributed by atoms with Gasteiger partial charge in [-0.25, -0.2) is 4.79 Å². The van der Waals surface area contributed by atoms with E-state index in [4.69, 9.17) is 5.11 Å². The molecule has 1 saturated heterocycles. The van der Waals surface area contributed by atoms with Gasteiger partial charge in [0.15, 0.2) is 0 Å².